The third kappa shape index (κ3) is 8.48. The molecule has 10 rings (SSSR count). The molecular weight excluding hydrogens is 845 g/mol. The predicted octanol–water partition coefficient (Wildman–Crippen LogP) is 8.90. The monoisotopic (exact) mass is 896 g/mol. The van der Waals surface area contributed by atoms with Crippen molar-refractivity contribution in [2.45, 2.75) is 87.7 Å². The second-order valence-electron chi connectivity index (χ2n) is 18.3. The molecule has 2 atom stereocenters. The largest absolute Gasteiger partial charge is 0.489 e. The highest BCUT2D eigenvalue weighted by Gasteiger charge is 2.50. The number of hydrogen-bond donors (Lipinski definition) is 3. The van der Waals surface area contributed by atoms with Crippen LogP contribution in [0.1, 0.15) is 91.5 Å². The number of likely N-dealkylation sites (tertiary alicyclic amines) is 1. The molecule has 3 aromatic carbocycles. The highest BCUT2D eigenvalue weighted by Crippen LogP contribution is 2.54. The van der Waals surface area contributed by atoms with Crippen molar-refractivity contribution in [1.29, 1.82) is 0 Å². The lowest BCUT2D eigenvalue weighted by Crippen LogP contribution is -2.54. The van der Waals surface area contributed by atoms with E-state index >= 15 is 0 Å². The molecule has 6 aromatic rings. The summed E-state index contributed by atoms with van der Waals surface area (Å²) >= 11 is 0. The van der Waals surface area contributed by atoms with Crippen LogP contribution in [0.2, 0.25) is 0 Å². The fourth-order valence-electron chi connectivity index (χ4n) is 10.5. The van der Waals surface area contributed by atoms with E-state index < -0.39 is 31.4 Å². The van der Waals surface area contributed by atoms with E-state index in [1.54, 1.807) is 36.7 Å². The van der Waals surface area contributed by atoms with Crippen LogP contribution in [-0.2, 0) is 16.4 Å². The van der Waals surface area contributed by atoms with Crippen LogP contribution < -0.4 is 24.4 Å². The smallest absolute Gasteiger partial charge is 0.297 e. The molecule has 3 fully saturated rings. The maximum atomic E-state index is 14.1. The van der Waals surface area contributed by atoms with E-state index in [4.69, 9.17) is 9.47 Å². The van der Waals surface area contributed by atoms with Gasteiger partial charge in [-0.2, -0.15) is 0 Å². The van der Waals surface area contributed by atoms with Crippen molar-refractivity contribution in [3.8, 4) is 17.2 Å². The number of sulfonamides is 1. The lowest BCUT2D eigenvalue weighted by molar-refractivity contribution is -0.384. The Morgan fingerprint density at radius 1 is 1.02 bits per heavy atom. The molecule has 3 N–H and O–H groups in total. The van der Waals surface area contributed by atoms with Crippen LogP contribution in [0.5, 0.6) is 17.2 Å². The molecule has 336 valence electrons. The van der Waals surface area contributed by atoms with Gasteiger partial charge >= 0.3 is 0 Å². The Morgan fingerprint density at radius 3 is 2.62 bits per heavy atom. The Hall–Kier alpha value is -6.52. The number of hydrogen-bond acceptors (Lipinski definition) is 12. The van der Waals surface area contributed by atoms with E-state index in [-0.39, 0.29) is 35.4 Å². The first-order valence-electron chi connectivity index (χ1n) is 22.5. The summed E-state index contributed by atoms with van der Waals surface area (Å²) in [5.41, 5.74) is 5.04. The number of aromatic amines is 1. The van der Waals surface area contributed by atoms with Crippen molar-refractivity contribution in [3.63, 3.8) is 0 Å². The topological polar surface area (TPSA) is 185 Å². The maximum Gasteiger partial charge on any atom is 0.297 e. The fraction of sp³-hybridized carbons (Fsp3) is 0.367. The zero-order valence-electron chi connectivity index (χ0n) is 36.4. The molecule has 3 aliphatic heterocycles. The van der Waals surface area contributed by atoms with Crippen molar-refractivity contribution in [1.82, 2.24) is 24.6 Å². The summed E-state index contributed by atoms with van der Waals surface area (Å²) < 4.78 is 42.2. The van der Waals surface area contributed by atoms with E-state index in [1.165, 1.54) is 49.1 Å². The highest BCUT2D eigenvalue weighted by atomic mass is 32.2. The Morgan fingerprint density at radius 2 is 1.83 bits per heavy atom. The first-order chi connectivity index (χ1) is 31.4. The van der Waals surface area contributed by atoms with Gasteiger partial charge in [0.1, 0.15) is 23.8 Å². The highest BCUT2D eigenvalue weighted by molar-refractivity contribution is 7.90. The summed E-state index contributed by atoms with van der Waals surface area (Å²) in [5, 5.41) is 16.2. The van der Waals surface area contributed by atoms with E-state index in [2.05, 4.69) is 72.9 Å². The van der Waals surface area contributed by atoms with Gasteiger partial charge < -0.3 is 24.7 Å². The number of anilines is 2. The molecule has 6 heterocycles. The maximum absolute atomic E-state index is 14.1. The Balaban J connectivity index is 0.859. The number of nitrogens with one attached hydrogen (secondary N) is 3. The van der Waals surface area contributed by atoms with Crippen LogP contribution in [0, 0.1) is 15.5 Å². The summed E-state index contributed by atoms with van der Waals surface area (Å²) in [4.78, 5) is 42.1. The third-order valence-electron chi connectivity index (χ3n) is 13.8. The number of aromatic nitrogens is 3. The number of carbonyl (C=O) groups is 1. The molecule has 1 saturated carbocycles. The number of fused-ring (bicyclic) bond motifs is 2. The SMILES string of the molecule is CC(C)c1ccccc1[C@@H]1CCCN1C1CC2(CCN(c3ccc(C(=O)NS(=O)(=O)c4cc5c(c([N+](=O)[O-])c4)N[C@@H](Cc4ccccn4)CO5)c(Oc4cnc5[nH]ccc5c4)c3)CC2)C1. The van der Waals surface area contributed by atoms with Crippen LogP contribution in [0.3, 0.4) is 0 Å². The first kappa shape index (κ1) is 42.4. The number of ether oxygens (including phenoxy) is 2. The summed E-state index contributed by atoms with van der Waals surface area (Å²) in [5.74, 6) is 0.00705. The van der Waals surface area contributed by atoms with Crippen LogP contribution in [-0.4, -0.2) is 77.4 Å². The van der Waals surface area contributed by atoms with Crippen molar-refractivity contribution in [2.24, 2.45) is 5.41 Å². The van der Waals surface area contributed by atoms with Crippen molar-refractivity contribution >= 4 is 44.0 Å². The van der Waals surface area contributed by atoms with Crippen molar-refractivity contribution < 1.29 is 27.6 Å². The lowest BCUT2D eigenvalue weighted by atomic mass is 9.59. The van der Waals surface area contributed by atoms with Gasteiger partial charge in [0.05, 0.1) is 27.6 Å². The Labute approximate surface area is 377 Å². The molecule has 65 heavy (non-hydrogen) atoms. The number of pyridine rings is 2. The van der Waals surface area contributed by atoms with Gasteiger partial charge in [-0.1, -0.05) is 44.2 Å². The van der Waals surface area contributed by atoms with Gasteiger partial charge in [0.25, 0.3) is 21.6 Å². The molecule has 1 amide bonds. The second kappa shape index (κ2) is 17.1. The number of benzene rings is 3. The quantitative estimate of drug-likeness (QED) is 0.0784. The van der Waals surface area contributed by atoms with Crippen LogP contribution >= 0.6 is 0 Å². The Kier molecular flexibility index (Phi) is 11.2. The molecule has 0 unspecified atom stereocenters. The molecule has 0 bridgehead atoms. The van der Waals surface area contributed by atoms with Gasteiger partial charge in [-0.05, 0) is 104 Å². The Bertz CT molecular complexity index is 2870. The fourth-order valence-corrected chi connectivity index (χ4v) is 11.5. The van der Waals surface area contributed by atoms with Crippen LogP contribution in [0.4, 0.5) is 17.1 Å². The van der Waals surface area contributed by atoms with Gasteiger partial charge in [0.15, 0.2) is 11.4 Å². The number of nitro benzene ring substituents is 1. The zero-order valence-corrected chi connectivity index (χ0v) is 37.2. The number of carbonyl (C=O) groups excluding carboxylic acids is 1. The summed E-state index contributed by atoms with van der Waals surface area (Å²) in [6.07, 6.45) is 12.3. The zero-order chi connectivity index (χ0) is 44.9. The number of amides is 1. The van der Waals surface area contributed by atoms with Gasteiger partial charge in [-0.25, -0.2) is 18.1 Å². The first-order valence-corrected chi connectivity index (χ1v) is 23.9. The lowest BCUT2D eigenvalue weighted by Gasteiger charge is -2.56. The van der Waals surface area contributed by atoms with Gasteiger partial charge in [0.2, 0.25) is 0 Å². The predicted molar refractivity (Wildman–Crippen MR) is 247 cm³/mol. The molecule has 0 radical (unpaired) electrons. The minimum absolute atomic E-state index is 0.0151. The molecule has 15 nitrogen and oxygen atoms in total. The van der Waals surface area contributed by atoms with Crippen molar-refractivity contribution in [2.75, 3.05) is 36.5 Å². The molecule has 3 aromatic heterocycles. The second-order valence-corrected chi connectivity index (χ2v) is 20.0. The summed E-state index contributed by atoms with van der Waals surface area (Å²) in [6.45, 7) is 7.50. The third-order valence-corrected chi connectivity index (χ3v) is 15.1. The molecule has 16 heteroatoms. The minimum atomic E-state index is -4.65. The van der Waals surface area contributed by atoms with Gasteiger partial charge in [-0.15, -0.1) is 0 Å². The number of H-pyrrole nitrogens is 1. The molecule has 2 saturated heterocycles. The number of nitro groups is 1. The van der Waals surface area contributed by atoms with E-state index in [1.807, 2.05) is 24.3 Å². The molecule has 4 aliphatic rings. The van der Waals surface area contributed by atoms with E-state index in [0.29, 0.717) is 41.2 Å². The van der Waals surface area contributed by atoms with E-state index in [0.717, 1.165) is 55.3 Å². The summed E-state index contributed by atoms with van der Waals surface area (Å²) in [6, 6.07) is 26.1. The minimum Gasteiger partial charge on any atom is -0.489 e. The van der Waals surface area contributed by atoms with E-state index in [9.17, 15) is 23.3 Å². The van der Waals surface area contributed by atoms with Crippen LogP contribution in [0.25, 0.3) is 11.0 Å². The molecule has 1 spiro atoms. The number of piperidine rings is 1. The average Bonchev–Trinajstić information content (AvgIpc) is 3.98. The van der Waals surface area contributed by atoms with Gasteiger partial charge in [-0.3, -0.25) is 24.8 Å². The molecular formula is C49H52N8O7S. The summed E-state index contributed by atoms with van der Waals surface area (Å²) in [7, 11) is -4.65. The number of nitrogens with zero attached hydrogens (tertiary/aromatic N) is 5. The molecule has 1 aliphatic carbocycles. The standard InChI is InChI=1S/C49H52N8O7S/c1-31(2)39-9-3-4-10-40(39)42-11-7-19-56(42)36-27-49(28-36)15-20-55(21-16-49)35-12-13-41(44(24-35)64-37-22-32-14-18-51-47(32)52-29-37)48(58)54-65(61,62)38-25-43(57(59)60)46-45(26-38)63-30-34(53-46)23-33-8-5-6-17-50-33/h3-6,8-10,12-14,17-18,22,24-26,29,31,34,36,42,53H,7,11,15-16,19-21,23,27-28,30H2,1-2H3,(H,51,52)(H,54,58)/t34-,42-/m0/s1. The average molecular weight is 897 g/mol. The van der Waals surface area contributed by atoms with Crippen molar-refractivity contribution in [3.05, 3.63) is 136 Å². The van der Waals surface area contributed by atoms with Crippen LogP contribution in [0.15, 0.2) is 108 Å². The normalized spacial score (nSPS) is 19.6. The number of rotatable bonds is 12. The van der Waals surface area contributed by atoms with Gasteiger partial charge in [0, 0.05) is 79.0 Å².